The molecule has 4 nitrogen and oxygen atoms in total. The van der Waals surface area contributed by atoms with Crippen LogP contribution >= 0.6 is 34.5 Å². The Balaban J connectivity index is 1.46. The maximum Gasteiger partial charge on any atom is 0.232 e. The number of ketones is 1. The van der Waals surface area contributed by atoms with Gasteiger partial charge in [0.25, 0.3) is 0 Å². The van der Waals surface area contributed by atoms with E-state index in [1.807, 2.05) is 42.6 Å². The standard InChI is InChI=1S/C23H17Cl2NO3S/c1-13-7-19-17(11-26(12-28-19)10-14-4-5-15(24)8-18(14)25)23-21(13)22(27)20(29-23)9-16-3-2-6-30-16/h2-9H,10-12H2,1H3/b20-9-. The highest BCUT2D eigenvalue weighted by Gasteiger charge is 2.35. The van der Waals surface area contributed by atoms with Crippen LogP contribution in [0.3, 0.4) is 0 Å². The van der Waals surface area contributed by atoms with Gasteiger partial charge in [-0.2, -0.15) is 0 Å². The number of carbonyl (C=O) groups is 1. The van der Waals surface area contributed by atoms with Gasteiger partial charge in [-0.05, 0) is 47.7 Å². The van der Waals surface area contributed by atoms with Gasteiger partial charge >= 0.3 is 0 Å². The van der Waals surface area contributed by atoms with Gasteiger partial charge in [-0.3, -0.25) is 9.69 Å². The molecule has 0 fully saturated rings. The number of nitrogens with zero attached hydrogens (tertiary/aromatic N) is 1. The minimum Gasteiger partial charge on any atom is -0.478 e. The van der Waals surface area contributed by atoms with Crippen LogP contribution < -0.4 is 9.47 Å². The molecule has 30 heavy (non-hydrogen) atoms. The maximum absolute atomic E-state index is 13.0. The second kappa shape index (κ2) is 7.75. The Kier molecular flexibility index (Phi) is 5.07. The average molecular weight is 458 g/mol. The molecule has 0 spiro atoms. The molecule has 0 unspecified atom stereocenters. The fourth-order valence-electron chi connectivity index (χ4n) is 3.77. The minimum absolute atomic E-state index is 0.0865. The summed E-state index contributed by atoms with van der Waals surface area (Å²) < 4.78 is 12.1. The Hall–Kier alpha value is -2.31. The highest BCUT2D eigenvalue weighted by atomic mass is 35.5. The van der Waals surface area contributed by atoms with Crippen molar-refractivity contribution >= 4 is 46.4 Å². The second-order valence-corrected chi connectivity index (χ2v) is 9.15. The van der Waals surface area contributed by atoms with E-state index in [2.05, 4.69) is 4.90 Å². The summed E-state index contributed by atoms with van der Waals surface area (Å²) in [5.74, 6) is 1.62. The summed E-state index contributed by atoms with van der Waals surface area (Å²) in [6.45, 7) is 3.54. The van der Waals surface area contributed by atoms with Gasteiger partial charge in [0.1, 0.15) is 18.2 Å². The number of ether oxygens (including phenoxy) is 2. The van der Waals surface area contributed by atoms with Crippen molar-refractivity contribution in [2.24, 2.45) is 0 Å². The lowest BCUT2D eigenvalue weighted by Crippen LogP contribution is -2.32. The van der Waals surface area contributed by atoms with Crippen LogP contribution in [0, 0.1) is 6.92 Å². The number of thiophene rings is 1. The number of hydrogen-bond acceptors (Lipinski definition) is 5. The summed E-state index contributed by atoms with van der Waals surface area (Å²) >= 11 is 13.9. The molecule has 0 radical (unpaired) electrons. The van der Waals surface area contributed by atoms with E-state index in [9.17, 15) is 4.79 Å². The predicted molar refractivity (Wildman–Crippen MR) is 120 cm³/mol. The number of halogens is 2. The summed E-state index contributed by atoms with van der Waals surface area (Å²) in [6.07, 6.45) is 1.80. The van der Waals surface area contributed by atoms with Gasteiger partial charge in [-0.1, -0.05) is 35.3 Å². The number of hydrogen-bond donors (Lipinski definition) is 0. The number of rotatable bonds is 3. The van der Waals surface area contributed by atoms with Crippen LogP contribution in [0.5, 0.6) is 11.5 Å². The lowest BCUT2D eigenvalue weighted by Gasteiger charge is -2.30. The molecule has 0 amide bonds. The minimum atomic E-state index is -0.0865. The molecule has 5 rings (SSSR count). The van der Waals surface area contributed by atoms with Gasteiger partial charge in [0.05, 0.1) is 11.1 Å². The molecule has 2 aliphatic heterocycles. The van der Waals surface area contributed by atoms with Crippen molar-refractivity contribution in [2.75, 3.05) is 6.73 Å². The number of allylic oxidation sites excluding steroid dienone is 1. The molecule has 3 aromatic rings. The second-order valence-electron chi connectivity index (χ2n) is 7.33. The zero-order valence-corrected chi connectivity index (χ0v) is 18.4. The maximum atomic E-state index is 13.0. The Morgan fingerprint density at radius 1 is 1.23 bits per heavy atom. The van der Waals surface area contributed by atoms with Crippen LogP contribution in [0.1, 0.15) is 31.9 Å². The molecule has 3 heterocycles. The SMILES string of the molecule is Cc1cc2c(c3c1C(=O)/C(=C/c1cccs1)O3)CN(Cc1ccc(Cl)cc1Cl)CO2. The van der Waals surface area contributed by atoms with Crippen LogP contribution in [0.4, 0.5) is 0 Å². The number of fused-ring (bicyclic) bond motifs is 3. The van der Waals surface area contributed by atoms with Crippen LogP contribution in [0.25, 0.3) is 6.08 Å². The number of carbonyl (C=O) groups excluding carboxylic acids is 1. The fourth-order valence-corrected chi connectivity index (χ4v) is 4.89. The van der Waals surface area contributed by atoms with Crippen molar-refractivity contribution in [3.8, 4) is 11.5 Å². The molecule has 2 aliphatic rings. The van der Waals surface area contributed by atoms with E-state index in [0.717, 1.165) is 27.3 Å². The molecular weight excluding hydrogens is 441 g/mol. The summed E-state index contributed by atoms with van der Waals surface area (Å²) in [5, 5.41) is 3.20. The Morgan fingerprint density at radius 3 is 2.87 bits per heavy atom. The summed E-state index contributed by atoms with van der Waals surface area (Å²) in [5.41, 5.74) is 3.33. The fraction of sp³-hybridized carbons (Fsp3) is 0.174. The molecule has 7 heteroatoms. The molecule has 0 saturated heterocycles. The zero-order chi connectivity index (χ0) is 20.8. The van der Waals surface area contributed by atoms with Crippen LogP contribution in [0.2, 0.25) is 10.0 Å². The topological polar surface area (TPSA) is 38.8 Å². The molecule has 0 N–H and O–H groups in total. The van der Waals surface area contributed by atoms with Gasteiger partial charge in [0.15, 0.2) is 5.76 Å². The first kappa shape index (κ1) is 19.6. The predicted octanol–water partition coefficient (Wildman–Crippen LogP) is 6.33. The van der Waals surface area contributed by atoms with Gasteiger partial charge in [0, 0.05) is 34.1 Å². The largest absolute Gasteiger partial charge is 0.478 e. The zero-order valence-electron chi connectivity index (χ0n) is 16.1. The Morgan fingerprint density at radius 2 is 2.10 bits per heavy atom. The van der Waals surface area contributed by atoms with Crippen molar-refractivity contribution < 1.29 is 14.3 Å². The summed E-state index contributed by atoms with van der Waals surface area (Å²) in [6, 6.07) is 11.3. The quantitative estimate of drug-likeness (QED) is 0.430. The third-order valence-corrected chi connectivity index (χ3v) is 6.62. The molecule has 2 aromatic carbocycles. The van der Waals surface area contributed by atoms with E-state index in [1.54, 1.807) is 23.5 Å². The molecular formula is C23H17Cl2NO3S. The normalized spacial score (nSPS) is 16.9. The highest BCUT2D eigenvalue weighted by molar-refractivity contribution is 7.10. The molecule has 0 bridgehead atoms. The lowest BCUT2D eigenvalue weighted by atomic mass is 9.98. The van der Waals surface area contributed by atoms with Gasteiger partial charge in [0.2, 0.25) is 5.78 Å². The van der Waals surface area contributed by atoms with E-state index in [-0.39, 0.29) is 5.78 Å². The molecule has 152 valence electrons. The van der Waals surface area contributed by atoms with Gasteiger partial charge < -0.3 is 9.47 Å². The van der Waals surface area contributed by atoms with Crippen LogP contribution in [0.15, 0.2) is 47.5 Å². The highest BCUT2D eigenvalue weighted by Crippen LogP contribution is 2.44. The van der Waals surface area contributed by atoms with E-state index >= 15 is 0 Å². The van der Waals surface area contributed by atoms with Crippen LogP contribution in [-0.2, 0) is 13.1 Å². The van der Waals surface area contributed by atoms with E-state index in [0.29, 0.717) is 46.9 Å². The lowest BCUT2D eigenvalue weighted by molar-refractivity contribution is 0.0872. The molecule has 1 aromatic heterocycles. The molecule has 0 atom stereocenters. The van der Waals surface area contributed by atoms with Crippen molar-refractivity contribution in [1.29, 1.82) is 0 Å². The van der Waals surface area contributed by atoms with Crippen molar-refractivity contribution in [2.45, 2.75) is 20.0 Å². The first-order valence-electron chi connectivity index (χ1n) is 9.43. The van der Waals surface area contributed by atoms with Gasteiger partial charge in [-0.25, -0.2) is 0 Å². The number of aryl methyl sites for hydroxylation is 1. The molecule has 0 aliphatic carbocycles. The summed E-state index contributed by atoms with van der Waals surface area (Å²) in [4.78, 5) is 16.1. The van der Waals surface area contributed by atoms with Crippen molar-refractivity contribution in [1.82, 2.24) is 4.90 Å². The van der Waals surface area contributed by atoms with E-state index in [4.69, 9.17) is 32.7 Å². The Labute approximate surface area is 188 Å². The average Bonchev–Trinajstić information content (AvgIpc) is 3.34. The monoisotopic (exact) mass is 457 g/mol. The third-order valence-electron chi connectivity index (χ3n) is 5.21. The molecule has 0 saturated carbocycles. The first-order chi connectivity index (χ1) is 14.5. The van der Waals surface area contributed by atoms with Crippen molar-refractivity contribution in [3.05, 3.63) is 84.7 Å². The third kappa shape index (κ3) is 3.52. The summed E-state index contributed by atoms with van der Waals surface area (Å²) in [7, 11) is 0. The van der Waals surface area contributed by atoms with E-state index in [1.165, 1.54) is 0 Å². The first-order valence-corrected chi connectivity index (χ1v) is 11.1. The van der Waals surface area contributed by atoms with E-state index < -0.39 is 0 Å². The van der Waals surface area contributed by atoms with Crippen molar-refractivity contribution in [3.63, 3.8) is 0 Å². The Bertz CT molecular complexity index is 1190. The van der Waals surface area contributed by atoms with Gasteiger partial charge in [-0.15, -0.1) is 11.3 Å². The number of Topliss-reactive ketones (excluding diaryl/α,β-unsaturated/α-hetero) is 1. The smallest absolute Gasteiger partial charge is 0.232 e. The van der Waals surface area contributed by atoms with Crippen LogP contribution in [-0.4, -0.2) is 17.4 Å². The number of benzene rings is 2.